The van der Waals surface area contributed by atoms with E-state index in [9.17, 15) is 9.18 Å². The maximum atomic E-state index is 12.9. The van der Waals surface area contributed by atoms with E-state index in [1.807, 2.05) is 0 Å². The van der Waals surface area contributed by atoms with Crippen molar-refractivity contribution in [3.05, 3.63) is 29.0 Å². The quantitative estimate of drug-likeness (QED) is 0.903. The first kappa shape index (κ1) is 17.0. The van der Waals surface area contributed by atoms with E-state index in [1.54, 1.807) is 0 Å². The summed E-state index contributed by atoms with van der Waals surface area (Å²) in [6, 6.07) is 4.57. The van der Waals surface area contributed by atoms with Crippen LogP contribution in [-0.2, 0) is 4.79 Å². The fraction of sp³-hybridized carbons (Fsp3) is 0.562. The van der Waals surface area contributed by atoms with Crippen molar-refractivity contribution in [3.63, 3.8) is 0 Å². The molecule has 1 aromatic carbocycles. The minimum atomic E-state index is -0.432. The van der Waals surface area contributed by atoms with E-state index in [4.69, 9.17) is 16.3 Å². The van der Waals surface area contributed by atoms with Crippen molar-refractivity contribution in [2.24, 2.45) is 0 Å². The average molecular weight is 329 g/mol. The van der Waals surface area contributed by atoms with Gasteiger partial charge in [-0.15, -0.1) is 0 Å². The largest absolute Gasteiger partial charge is 0.482 e. The Morgan fingerprint density at radius 1 is 1.45 bits per heavy atom. The van der Waals surface area contributed by atoms with Crippen LogP contribution in [0.15, 0.2) is 18.2 Å². The molecule has 122 valence electrons. The lowest BCUT2D eigenvalue weighted by Gasteiger charge is -2.34. The van der Waals surface area contributed by atoms with E-state index in [-0.39, 0.29) is 23.6 Å². The van der Waals surface area contributed by atoms with Gasteiger partial charge in [0.1, 0.15) is 11.6 Å². The molecule has 22 heavy (non-hydrogen) atoms. The Labute approximate surface area is 135 Å². The van der Waals surface area contributed by atoms with Crippen molar-refractivity contribution in [3.8, 4) is 5.75 Å². The Morgan fingerprint density at radius 2 is 2.14 bits per heavy atom. The van der Waals surface area contributed by atoms with Gasteiger partial charge in [0.2, 0.25) is 0 Å². The summed E-state index contributed by atoms with van der Waals surface area (Å²) in [5.41, 5.74) is 0. The molecule has 0 aliphatic carbocycles. The highest BCUT2D eigenvalue weighted by Crippen LogP contribution is 2.24. The molecular formula is C16H22ClFN2O2. The number of nitrogens with one attached hydrogen (secondary N) is 1. The zero-order chi connectivity index (χ0) is 16.1. The minimum Gasteiger partial charge on any atom is -0.482 e. The molecule has 0 unspecified atom stereocenters. The first-order valence-corrected chi connectivity index (χ1v) is 7.94. The number of ether oxygens (including phenoxy) is 1. The van der Waals surface area contributed by atoms with E-state index in [0.29, 0.717) is 11.8 Å². The van der Waals surface area contributed by atoms with Gasteiger partial charge < -0.3 is 15.0 Å². The summed E-state index contributed by atoms with van der Waals surface area (Å²) in [6.07, 6.45) is 1.89. The van der Waals surface area contributed by atoms with Gasteiger partial charge in [-0.05, 0) is 44.9 Å². The van der Waals surface area contributed by atoms with Crippen LogP contribution in [0.5, 0.6) is 5.75 Å². The maximum absolute atomic E-state index is 12.9. The van der Waals surface area contributed by atoms with Crippen LogP contribution in [0.2, 0.25) is 5.02 Å². The van der Waals surface area contributed by atoms with Crippen LogP contribution in [-0.4, -0.2) is 42.6 Å². The van der Waals surface area contributed by atoms with Crippen molar-refractivity contribution < 1.29 is 13.9 Å². The molecular weight excluding hydrogens is 307 g/mol. The molecule has 1 saturated heterocycles. The first-order chi connectivity index (χ1) is 10.5. The van der Waals surface area contributed by atoms with Gasteiger partial charge in [-0.2, -0.15) is 0 Å². The number of halogens is 2. The fourth-order valence-electron chi connectivity index (χ4n) is 2.57. The molecule has 0 atom stereocenters. The van der Waals surface area contributed by atoms with E-state index in [2.05, 4.69) is 24.1 Å². The summed E-state index contributed by atoms with van der Waals surface area (Å²) in [4.78, 5) is 14.3. The Hall–Kier alpha value is -1.33. The molecule has 1 aromatic rings. The highest BCUT2D eigenvalue weighted by atomic mass is 35.5. The highest BCUT2D eigenvalue weighted by molar-refractivity contribution is 6.32. The van der Waals surface area contributed by atoms with Crippen molar-refractivity contribution in [1.82, 2.24) is 10.2 Å². The number of likely N-dealkylation sites (tertiary alicyclic amines) is 1. The lowest BCUT2D eigenvalue weighted by Crippen LogP contribution is -2.47. The van der Waals surface area contributed by atoms with Crippen molar-refractivity contribution >= 4 is 17.5 Å². The normalized spacial score (nSPS) is 16.8. The molecule has 1 N–H and O–H groups in total. The summed E-state index contributed by atoms with van der Waals surface area (Å²) in [6.45, 7) is 6.23. The second-order valence-electron chi connectivity index (χ2n) is 5.83. The van der Waals surface area contributed by atoms with Crippen LogP contribution in [0.3, 0.4) is 0 Å². The molecule has 1 fully saturated rings. The Morgan fingerprint density at radius 3 is 2.73 bits per heavy atom. The third-order valence-corrected chi connectivity index (χ3v) is 4.17. The van der Waals surface area contributed by atoms with Gasteiger partial charge in [0.05, 0.1) is 5.02 Å². The van der Waals surface area contributed by atoms with Gasteiger partial charge in [0.25, 0.3) is 5.91 Å². The van der Waals surface area contributed by atoms with Crippen LogP contribution in [0, 0.1) is 5.82 Å². The van der Waals surface area contributed by atoms with E-state index < -0.39 is 5.82 Å². The van der Waals surface area contributed by atoms with Gasteiger partial charge in [-0.25, -0.2) is 4.39 Å². The molecule has 1 aliphatic heterocycles. The van der Waals surface area contributed by atoms with Gasteiger partial charge in [0.15, 0.2) is 6.61 Å². The SMILES string of the molecule is CC(C)N1CCC(NC(=O)COc2ccc(F)cc2Cl)CC1. The fourth-order valence-corrected chi connectivity index (χ4v) is 2.79. The molecule has 0 saturated carbocycles. The molecule has 1 aliphatic rings. The Bertz CT molecular complexity index is 517. The summed E-state index contributed by atoms with van der Waals surface area (Å²) < 4.78 is 18.3. The number of hydrogen-bond donors (Lipinski definition) is 1. The Kier molecular flexibility index (Phi) is 6.03. The van der Waals surface area contributed by atoms with Crippen molar-refractivity contribution in [1.29, 1.82) is 0 Å². The number of hydrogen-bond acceptors (Lipinski definition) is 3. The third kappa shape index (κ3) is 4.85. The Balaban J connectivity index is 1.74. The van der Waals surface area contributed by atoms with E-state index in [1.165, 1.54) is 12.1 Å². The average Bonchev–Trinajstić information content (AvgIpc) is 2.47. The van der Waals surface area contributed by atoms with Crippen molar-refractivity contribution in [2.75, 3.05) is 19.7 Å². The van der Waals surface area contributed by atoms with Gasteiger partial charge in [-0.3, -0.25) is 4.79 Å². The third-order valence-electron chi connectivity index (χ3n) is 3.88. The molecule has 0 radical (unpaired) electrons. The lowest BCUT2D eigenvalue weighted by atomic mass is 10.0. The summed E-state index contributed by atoms with van der Waals surface area (Å²) in [5.74, 6) is -0.296. The van der Waals surface area contributed by atoms with E-state index >= 15 is 0 Å². The summed E-state index contributed by atoms with van der Waals surface area (Å²) in [7, 11) is 0. The van der Waals surface area contributed by atoms with Crippen LogP contribution < -0.4 is 10.1 Å². The van der Waals surface area contributed by atoms with Crippen LogP contribution >= 0.6 is 11.6 Å². The van der Waals surface area contributed by atoms with Crippen molar-refractivity contribution in [2.45, 2.75) is 38.8 Å². The maximum Gasteiger partial charge on any atom is 0.258 e. The summed E-state index contributed by atoms with van der Waals surface area (Å²) in [5, 5.41) is 3.14. The topological polar surface area (TPSA) is 41.6 Å². The number of carbonyl (C=O) groups is 1. The molecule has 2 rings (SSSR count). The molecule has 6 heteroatoms. The molecule has 4 nitrogen and oxygen atoms in total. The van der Waals surface area contributed by atoms with Crippen LogP contribution in [0.25, 0.3) is 0 Å². The molecule has 0 bridgehead atoms. The number of piperidine rings is 1. The molecule has 1 heterocycles. The number of nitrogens with zero attached hydrogens (tertiary/aromatic N) is 1. The zero-order valence-electron chi connectivity index (χ0n) is 12.9. The second-order valence-corrected chi connectivity index (χ2v) is 6.24. The standard InChI is InChI=1S/C16H22ClFN2O2/c1-11(2)20-7-5-13(6-8-20)19-16(21)10-22-15-4-3-12(18)9-14(15)17/h3-4,9,11,13H,5-8,10H2,1-2H3,(H,19,21). The van der Waals surface area contributed by atoms with Crippen LogP contribution in [0.1, 0.15) is 26.7 Å². The van der Waals surface area contributed by atoms with Gasteiger partial charge >= 0.3 is 0 Å². The highest BCUT2D eigenvalue weighted by Gasteiger charge is 2.22. The lowest BCUT2D eigenvalue weighted by molar-refractivity contribution is -0.124. The molecule has 1 amide bonds. The predicted octanol–water partition coefficient (Wildman–Crippen LogP) is 2.85. The molecule has 0 spiro atoms. The first-order valence-electron chi connectivity index (χ1n) is 7.57. The van der Waals surface area contributed by atoms with Crippen LogP contribution in [0.4, 0.5) is 4.39 Å². The zero-order valence-corrected chi connectivity index (χ0v) is 13.7. The predicted molar refractivity (Wildman–Crippen MR) is 84.8 cm³/mol. The molecule has 0 aromatic heterocycles. The second kappa shape index (κ2) is 7.79. The van der Waals surface area contributed by atoms with Gasteiger partial charge in [-0.1, -0.05) is 11.6 Å². The minimum absolute atomic E-state index is 0.115. The van der Waals surface area contributed by atoms with Gasteiger partial charge in [0, 0.05) is 25.2 Å². The smallest absolute Gasteiger partial charge is 0.258 e. The number of rotatable bonds is 5. The summed E-state index contributed by atoms with van der Waals surface area (Å²) >= 11 is 5.85. The van der Waals surface area contributed by atoms with E-state index in [0.717, 1.165) is 32.0 Å². The number of amides is 1. The number of carbonyl (C=O) groups excluding carboxylic acids is 1. The number of benzene rings is 1. The monoisotopic (exact) mass is 328 g/mol.